The zero-order valence-electron chi connectivity index (χ0n) is 5.53. The van der Waals surface area contributed by atoms with Crippen molar-refractivity contribution in [3.05, 3.63) is 12.2 Å². The van der Waals surface area contributed by atoms with Gasteiger partial charge < -0.3 is 10.8 Å². The Morgan fingerprint density at radius 3 is 3.00 bits per heavy atom. The number of rotatable bonds is 1. The van der Waals surface area contributed by atoms with Crippen molar-refractivity contribution in [3.8, 4) is 0 Å². The molecule has 56 valence electrons. The molecule has 0 spiro atoms. The number of carbonyl (C=O) groups is 1. The molecular weight excluding hydrogens is 132 g/mol. The van der Waals surface area contributed by atoms with Crippen LogP contribution in [0.5, 0.6) is 0 Å². The number of carboxylic acid groups (broad SMARTS) is 1. The minimum Gasteiger partial charge on any atom is -0.465 e. The van der Waals surface area contributed by atoms with Gasteiger partial charge in [-0.1, -0.05) is 12.2 Å². The third kappa shape index (κ3) is 1.11. The second-order valence-electron chi connectivity index (χ2n) is 2.17. The maximum atomic E-state index is 10.4. The Labute approximate surface area is 58.9 Å². The van der Waals surface area contributed by atoms with E-state index in [1.807, 2.05) is 12.2 Å². The summed E-state index contributed by atoms with van der Waals surface area (Å²) in [6.45, 7) is 0.833. The van der Waals surface area contributed by atoms with E-state index in [9.17, 15) is 4.79 Å². The van der Waals surface area contributed by atoms with Crippen LogP contribution in [-0.2, 0) is 0 Å². The Balaban J connectivity index is 2.56. The molecule has 1 amide bonds. The van der Waals surface area contributed by atoms with Crippen LogP contribution in [-0.4, -0.2) is 35.2 Å². The molecule has 0 fully saturated rings. The average Bonchev–Trinajstić information content (AvgIpc) is 2.33. The monoisotopic (exact) mass is 142 g/mol. The topological polar surface area (TPSA) is 66.6 Å². The summed E-state index contributed by atoms with van der Waals surface area (Å²) in [7, 11) is 0. The van der Waals surface area contributed by atoms with Gasteiger partial charge in [-0.25, -0.2) is 4.79 Å². The highest BCUT2D eigenvalue weighted by atomic mass is 16.4. The molecule has 1 atom stereocenters. The van der Waals surface area contributed by atoms with Crippen molar-refractivity contribution in [1.29, 1.82) is 0 Å². The summed E-state index contributed by atoms with van der Waals surface area (Å²) in [5.74, 6) is 0. The van der Waals surface area contributed by atoms with E-state index in [1.165, 1.54) is 4.90 Å². The molecule has 1 heterocycles. The second kappa shape index (κ2) is 2.70. The smallest absolute Gasteiger partial charge is 0.408 e. The first-order chi connectivity index (χ1) is 4.75. The highest BCUT2D eigenvalue weighted by Crippen LogP contribution is 2.07. The van der Waals surface area contributed by atoms with Crippen molar-refractivity contribution < 1.29 is 9.90 Å². The van der Waals surface area contributed by atoms with Crippen molar-refractivity contribution in [1.82, 2.24) is 4.90 Å². The van der Waals surface area contributed by atoms with Crippen molar-refractivity contribution in [2.24, 2.45) is 5.73 Å². The zero-order valence-corrected chi connectivity index (χ0v) is 5.53. The van der Waals surface area contributed by atoms with Gasteiger partial charge in [0.05, 0.1) is 6.04 Å². The van der Waals surface area contributed by atoms with Crippen LogP contribution >= 0.6 is 0 Å². The Kier molecular flexibility index (Phi) is 1.91. The predicted octanol–water partition coefficient (Wildman–Crippen LogP) is -0.137. The van der Waals surface area contributed by atoms with Crippen molar-refractivity contribution in [2.45, 2.75) is 6.04 Å². The average molecular weight is 142 g/mol. The molecule has 4 nitrogen and oxygen atoms in total. The SMILES string of the molecule is NC[C@@H]1C=CCN1C(=O)O. The van der Waals surface area contributed by atoms with E-state index in [0.717, 1.165) is 0 Å². The van der Waals surface area contributed by atoms with Crippen LogP contribution in [0.3, 0.4) is 0 Å². The van der Waals surface area contributed by atoms with E-state index in [0.29, 0.717) is 13.1 Å². The van der Waals surface area contributed by atoms with Gasteiger partial charge >= 0.3 is 6.09 Å². The fourth-order valence-electron chi connectivity index (χ4n) is 0.997. The maximum absolute atomic E-state index is 10.4. The first-order valence-corrected chi connectivity index (χ1v) is 3.12. The summed E-state index contributed by atoms with van der Waals surface area (Å²) in [5, 5.41) is 8.55. The molecule has 0 aromatic heterocycles. The van der Waals surface area contributed by atoms with Crippen LogP contribution in [0.1, 0.15) is 0 Å². The lowest BCUT2D eigenvalue weighted by Gasteiger charge is -2.18. The van der Waals surface area contributed by atoms with E-state index >= 15 is 0 Å². The highest BCUT2D eigenvalue weighted by molar-refractivity contribution is 5.66. The molecule has 3 N–H and O–H groups in total. The normalized spacial score (nSPS) is 23.7. The molecule has 0 aromatic rings. The summed E-state index contributed by atoms with van der Waals surface area (Å²) in [5.41, 5.74) is 5.31. The summed E-state index contributed by atoms with van der Waals surface area (Å²) in [6.07, 6.45) is 2.72. The third-order valence-electron chi connectivity index (χ3n) is 1.55. The Morgan fingerprint density at radius 2 is 2.60 bits per heavy atom. The molecule has 0 bridgehead atoms. The van der Waals surface area contributed by atoms with E-state index in [4.69, 9.17) is 10.8 Å². The molecule has 10 heavy (non-hydrogen) atoms. The van der Waals surface area contributed by atoms with Crippen molar-refractivity contribution in [3.63, 3.8) is 0 Å². The Hall–Kier alpha value is -1.03. The number of amides is 1. The van der Waals surface area contributed by atoms with Crippen LogP contribution in [0.4, 0.5) is 4.79 Å². The minimum absolute atomic E-state index is 0.113. The molecule has 0 aromatic carbocycles. The van der Waals surface area contributed by atoms with Gasteiger partial charge in [-0.15, -0.1) is 0 Å². The van der Waals surface area contributed by atoms with Crippen LogP contribution in [0.25, 0.3) is 0 Å². The number of hydrogen-bond donors (Lipinski definition) is 2. The molecule has 4 heteroatoms. The van der Waals surface area contributed by atoms with E-state index in [1.54, 1.807) is 0 Å². The summed E-state index contributed by atoms with van der Waals surface area (Å²) >= 11 is 0. The largest absolute Gasteiger partial charge is 0.465 e. The fourth-order valence-corrected chi connectivity index (χ4v) is 0.997. The molecule has 0 radical (unpaired) electrons. The lowest BCUT2D eigenvalue weighted by Crippen LogP contribution is -2.39. The summed E-state index contributed by atoms with van der Waals surface area (Å²) in [6, 6.07) is -0.113. The minimum atomic E-state index is -0.902. The number of hydrogen-bond acceptors (Lipinski definition) is 2. The Bertz CT molecular complexity index is 167. The van der Waals surface area contributed by atoms with Crippen molar-refractivity contribution in [2.75, 3.05) is 13.1 Å². The van der Waals surface area contributed by atoms with E-state index in [2.05, 4.69) is 0 Å². The molecule has 0 saturated carbocycles. The van der Waals surface area contributed by atoms with Gasteiger partial charge in [-0.2, -0.15) is 0 Å². The molecule has 1 aliphatic heterocycles. The zero-order chi connectivity index (χ0) is 7.56. The Morgan fingerprint density at radius 1 is 1.90 bits per heavy atom. The van der Waals surface area contributed by atoms with Gasteiger partial charge in [0.25, 0.3) is 0 Å². The lowest BCUT2D eigenvalue weighted by molar-refractivity contribution is 0.145. The molecule has 0 unspecified atom stereocenters. The first-order valence-electron chi connectivity index (χ1n) is 3.12. The predicted molar refractivity (Wildman–Crippen MR) is 36.7 cm³/mol. The molecule has 1 aliphatic rings. The second-order valence-corrected chi connectivity index (χ2v) is 2.17. The third-order valence-corrected chi connectivity index (χ3v) is 1.55. The molecule has 1 rings (SSSR count). The van der Waals surface area contributed by atoms with E-state index in [-0.39, 0.29) is 6.04 Å². The fraction of sp³-hybridized carbons (Fsp3) is 0.500. The van der Waals surface area contributed by atoms with Crippen LogP contribution < -0.4 is 5.73 Å². The number of nitrogens with zero attached hydrogens (tertiary/aromatic N) is 1. The highest BCUT2D eigenvalue weighted by Gasteiger charge is 2.21. The van der Waals surface area contributed by atoms with Gasteiger partial charge in [-0.05, 0) is 0 Å². The van der Waals surface area contributed by atoms with Gasteiger partial charge in [0, 0.05) is 13.1 Å². The molecular formula is C6H10N2O2. The number of nitrogens with two attached hydrogens (primary N) is 1. The molecule has 0 saturated heterocycles. The lowest BCUT2D eigenvalue weighted by atomic mass is 10.3. The van der Waals surface area contributed by atoms with Crippen LogP contribution in [0, 0.1) is 0 Å². The maximum Gasteiger partial charge on any atom is 0.408 e. The first kappa shape index (κ1) is 7.08. The van der Waals surface area contributed by atoms with Crippen molar-refractivity contribution >= 4 is 6.09 Å². The van der Waals surface area contributed by atoms with Gasteiger partial charge in [0.1, 0.15) is 0 Å². The van der Waals surface area contributed by atoms with Gasteiger partial charge in [0.15, 0.2) is 0 Å². The standard InChI is InChI=1S/C6H10N2O2/c7-4-5-2-1-3-8(5)6(9)10/h1-2,5H,3-4,7H2,(H,9,10)/t5-/m0/s1. The van der Waals surface area contributed by atoms with Crippen LogP contribution in [0.15, 0.2) is 12.2 Å². The van der Waals surface area contributed by atoms with Crippen LogP contribution in [0.2, 0.25) is 0 Å². The summed E-state index contributed by atoms with van der Waals surface area (Å²) in [4.78, 5) is 11.7. The quantitative estimate of drug-likeness (QED) is 0.501. The summed E-state index contributed by atoms with van der Waals surface area (Å²) < 4.78 is 0. The van der Waals surface area contributed by atoms with Gasteiger partial charge in [-0.3, -0.25) is 4.90 Å². The molecule has 0 aliphatic carbocycles. The van der Waals surface area contributed by atoms with Gasteiger partial charge in [0.2, 0.25) is 0 Å². The van der Waals surface area contributed by atoms with E-state index < -0.39 is 6.09 Å².